The van der Waals surface area contributed by atoms with E-state index in [0.29, 0.717) is 13.0 Å². The Bertz CT molecular complexity index is 1660. The molecule has 1 aliphatic rings. The van der Waals surface area contributed by atoms with Gasteiger partial charge in [0, 0.05) is 12.7 Å². The number of rotatable bonds is 7. The van der Waals surface area contributed by atoms with Gasteiger partial charge in [-0.3, -0.25) is 9.89 Å². The van der Waals surface area contributed by atoms with E-state index >= 15 is 0 Å². The van der Waals surface area contributed by atoms with Gasteiger partial charge < -0.3 is 18.6 Å². The van der Waals surface area contributed by atoms with E-state index < -0.39 is 23.7 Å². The monoisotopic (exact) mass is 554 g/mol. The summed E-state index contributed by atoms with van der Waals surface area (Å²) in [5, 5.41) is 2.21. The van der Waals surface area contributed by atoms with Crippen LogP contribution in [0.3, 0.4) is 0 Å². The van der Waals surface area contributed by atoms with Gasteiger partial charge in [0.1, 0.15) is 22.7 Å². The summed E-state index contributed by atoms with van der Waals surface area (Å²) in [4.78, 5) is 22.8. The van der Waals surface area contributed by atoms with Gasteiger partial charge in [0.2, 0.25) is 5.89 Å². The molecule has 40 heavy (non-hydrogen) atoms. The molecule has 0 bridgehead atoms. The number of benzene rings is 1. The minimum Gasteiger partial charge on any atom is -0.494 e. The molecule has 0 spiro atoms. The molecule has 9 nitrogen and oxygen atoms in total. The number of hydrogen-bond donors (Lipinski definition) is 1. The van der Waals surface area contributed by atoms with Crippen LogP contribution in [0.25, 0.3) is 34.0 Å². The molecule has 0 aliphatic carbocycles. The zero-order chi connectivity index (χ0) is 28.4. The van der Waals surface area contributed by atoms with E-state index in [4.69, 9.17) is 25.1 Å². The van der Waals surface area contributed by atoms with Crippen LogP contribution in [0.5, 0.6) is 0 Å². The number of aromatic amines is 1. The zero-order valence-corrected chi connectivity index (χ0v) is 21.7. The average molecular weight is 555 g/mol. The molecule has 12 heteroatoms. The molecule has 1 aromatic carbocycles. The van der Waals surface area contributed by atoms with Gasteiger partial charge in [-0.2, -0.15) is 17.7 Å². The lowest BCUT2D eigenvalue weighted by Gasteiger charge is -2.22. The van der Waals surface area contributed by atoms with Crippen molar-refractivity contribution >= 4 is 11.4 Å². The van der Waals surface area contributed by atoms with Gasteiger partial charge in [-0.05, 0) is 31.7 Å². The third kappa shape index (κ3) is 5.13. The van der Waals surface area contributed by atoms with Crippen molar-refractivity contribution in [2.45, 2.75) is 45.3 Å². The van der Waals surface area contributed by atoms with Gasteiger partial charge in [-0.15, -0.1) is 6.42 Å². The second kappa shape index (κ2) is 11.0. The number of alkyl halides is 3. The van der Waals surface area contributed by atoms with Crippen molar-refractivity contribution in [3.05, 3.63) is 69.6 Å². The quantitative estimate of drug-likeness (QED) is 0.243. The number of allylic oxidation sites excluding steroid dienone is 1. The van der Waals surface area contributed by atoms with Crippen molar-refractivity contribution in [1.82, 2.24) is 19.6 Å². The van der Waals surface area contributed by atoms with Crippen LogP contribution in [-0.2, 0) is 27.0 Å². The number of H-pyrrole nitrogens is 1. The number of methoxy groups -OCH3 is 1. The van der Waals surface area contributed by atoms with Gasteiger partial charge >= 0.3 is 6.18 Å². The van der Waals surface area contributed by atoms with Crippen LogP contribution in [0.1, 0.15) is 42.1 Å². The SMILES string of the molecule is C#C/C=C(/OC)c1nc(-c2c(COC3CCCCO3)nc3c(-c4ccccc4)c(C(F)(F)F)[nH]n3c2=O)oc1C. The van der Waals surface area contributed by atoms with Crippen LogP contribution in [-0.4, -0.2) is 39.6 Å². The first-order valence-corrected chi connectivity index (χ1v) is 12.4. The minimum absolute atomic E-state index is 0.0387. The van der Waals surface area contributed by atoms with E-state index in [2.05, 4.69) is 21.0 Å². The number of fused-ring (bicyclic) bond motifs is 1. The van der Waals surface area contributed by atoms with E-state index in [1.807, 2.05) is 0 Å². The summed E-state index contributed by atoms with van der Waals surface area (Å²) < 4.78 is 66.0. The lowest BCUT2D eigenvalue weighted by atomic mass is 10.1. The van der Waals surface area contributed by atoms with Gasteiger partial charge in [0.05, 0.1) is 25.0 Å². The molecule has 0 radical (unpaired) electrons. The Hall–Kier alpha value is -4.34. The zero-order valence-electron chi connectivity index (χ0n) is 21.7. The smallest absolute Gasteiger partial charge is 0.433 e. The van der Waals surface area contributed by atoms with Gasteiger partial charge in [-0.25, -0.2) is 9.97 Å². The van der Waals surface area contributed by atoms with Gasteiger partial charge in [0.15, 0.2) is 17.7 Å². The van der Waals surface area contributed by atoms with Crippen molar-refractivity contribution in [2.24, 2.45) is 0 Å². The number of aromatic nitrogens is 4. The predicted octanol–water partition coefficient (Wildman–Crippen LogP) is 5.34. The number of nitrogens with one attached hydrogen (secondary N) is 1. The highest BCUT2D eigenvalue weighted by molar-refractivity contribution is 5.81. The number of terminal acetylenes is 1. The van der Waals surface area contributed by atoms with Crippen LogP contribution in [0.2, 0.25) is 0 Å². The van der Waals surface area contributed by atoms with Crippen molar-refractivity contribution in [3.8, 4) is 34.9 Å². The van der Waals surface area contributed by atoms with Crippen LogP contribution in [0.15, 0.2) is 45.6 Å². The molecule has 1 fully saturated rings. The number of oxazole rings is 1. The normalized spacial score (nSPS) is 16.3. The first-order valence-electron chi connectivity index (χ1n) is 12.4. The lowest BCUT2D eigenvalue weighted by molar-refractivity contribution is -0.169. The number of ether oxygens (including phenoxy) is 3. The van der Waals surface area contributed by atoms with Crippen LogP contribution < -0.4 is 5.56 Å². The van der Waals surface area contributed by atoms with Crippen molar-refractivity contribution in [1.29, 1.82) is 0 Å². The third-order valence-electron chi connectivity index (χ3n) is 6.42. The largest absolute Gasteiger partial charge is 0.494 e. The molecule has 1 aliphatic heterocycles. The highest BCUT2D eigenvalue weighted by Crippen LogP contribution is 2.38. The average Bonchev–Trinajstić information content (AvgIpc) is 3.52. The molecule has 3 aromatic heterocycles. The molecule has 4 aromatic rings. The Morgan fingerprint density at radius 3 is 2.67 bits per heavy atom. The second-order valence-electron chi connectivity index (χ2n) is 9.03. The molecule has 0 amide bonds. The summed E-state index contributed by atoms with van der Waals surface area (Å²) >= 11 is 0. The van der Waals surface area contributed by atoms with E-state index in [-0.39, 0.29) is 57.7 Å². The summed E-state index contributed by atoms with van der Waals surface area (Å²) in [5.74, 6) is 2.66. The first-order chi connectivity index (χ1) is 19.2. The standard InChI is InChI=1S/C28H25F3N4O5/c1-4-10-19(37-3)23-16(2)40-26(33-23)22-18(15-39-20-13-8-9-14-38-20)32-25-21(17-11-6-5-7-12-17)24(28(29,30)31)34-35(25)27(22)36/h1,5-7,10-12,20,34H,8-9,13-15H2,2-3H3/b19-10+. The number of halogens is 3. The number of nitrogens with zero attached hydrogens (tertiary/aromatic N) is 3. The molecular weight excluding hydrogens is 529 g/mol. The molecular formula is C28H25F3N4O5. The number of hydrogen-bond acceptors (Lipinski definition) is 7. The molecule has 1 N–H and O–H groups in total. The Morgan fingerprint density at radius 2 is 2.02 bits per heavy atom. The predicted molar refractivity (Wildman–Crippen MR) is 139 cm³/mol. The third-order valence-corrected chi connectivity index (χ3v) is 6.42. The summed E-state index contributed by atoms with van der Waals surface area (Å²) in [6.45, 7) is 1.87. The fraction of sp³-hybridized carbons (Fsp3) is 0.321. The molecule has 208 valence electrons. The van der Waals surface area contributed by atoms with Crippen molar-refractivity contribution in [3.63, 3.8) is 0 Å². The van der Waals surface area contributed by atoms with Crippen LogP contribution >= 0.6 is 0 Å². The van der Waals surface area contributed by atoms with E-state index in [1.165, 1.54) is 25.3 Å². The van der Waals surface area contributed by atoms with Crippen LogP contribution in [0.4, 0.5) is 13.2 Å². The highest BCUT2D eigenvalue weighted by atomic mass is 19.4. The van der Waals surface area contributed by atoms with Crippen molar-refractivity contribution < 1.29 is 31.8 Å². The summed E-state index contributed by atoms with van der Waals surface area (Å²) in [7, 11) is 1.39. The summed E-state index contributed by atoms with van der Waals surface area (Å²) in [5.41, 5.74) is -2.13. The van der Waals surface area contributed by atoms with E-state index in [1.54, 1.807) is 25.1 Å². The summed E-state index contributed by atoms with van der Waals surface area (Å²) in [6.07, 6.45) is 3.77. The summed E-state index contributed by atoms with van der Waals surface area (Å²) in [6, 6.07) is 7.91. The molecule has 1 saturated heterocycles. The van der Waals surface area contributed by atoms with Crippen LogP contribution in [0, 0.1) is 19.3 Å². The van der Waals surface area contributed by atoms with E-state index in [9.17, 15) is 18.0 Å². The maximum Gasteiger partial charge on any atom is 0.433 e. The topological polar surface area (TPSA) is 104 Å². The number of aryl methyl sites for hydroxylation is 1. The Morgan fingerprint density at radius 1 is 1.25 bits per heavy atom. The fourth-order valence-electron chi connectivity index (χ4n) is 4.56. The molecule has 0 saturated carbocycles. The lowest BCUT2D eigenvalue weighted by Crippen LogP contribution is -2.25. The Balaban J connectivity index is 1.75. The maximum atomic E-state index is 14.2. The minimum atomic E-state index is -4.81. The Kier molecular flexibility index (Phi) is 7.51. The molecule has 1 unspecified atom stereocenters. The van der Waals surface area contributed by atoms with E-state index in [0.717, 1.165) is 17.4 Å². The fourth-order valence-corrected chi connectivity index (χ4v) is 4.56. The molecule has 4 heterocycles. The van der Waals surface area contributed by atoms with Crippen molar-refractivity contribution in [2.75, 3.05) is 13.7 Å². The second-order valence-corrected chi connectivity index (χ2v) is 9.03. The molecule has 1 atom stereocenters. The van der Waals surface area contributed by atoms with Gasteiger partial charge in [0.25, 0.3) is 5.56 Å². The first kappa shape index (κ1) is 27.2. The highest BCUT2D eigenvalue weighted by Gasteiger charge is 2.39. The Labute approximate surface area is 226 Å². The molecule has 5 rings (SSSR count). The maximum absolute atomic E-state index is 14.2. The van der Waals surface area contributed by atoms with Gasteiger partial charge in [-0.1, -0.05) is 36.3 Å².